The Morgan fingerprint density at radius 1 is 1.14 bits per heavy atom. The number of hydrazine groups is 1. The van der Waals surface area contributed by atoms with Gasteiger partial charge in [0.2, 0.25) is 0 Å². The number of benzene rings is 1. The van der Waals surface area contributed by atoms with Crippen molar-refractivity contribution >= 4 is 0 Å². The average molecular weight is 293 g/mol. The molecule has 0 saturated carbocycles. The van der Waals surface area contributed by atoms with Gasteiger partial charge in [0.1, 0.15) is 11.5 Å². The molecule has 1 heterocycles. The SMILES string of the molecule is COc1cccc(OC)c1C(NN)C(C)(C)N1CCCC1. The van der Waals surface area contributed by atoms with Gasteiger partial charge in [-0.3, -0.25) is 16.2 Å². The minimum atomic E-state index is -0.132. The van der Waals surface area contributed by atoms with Crippen LogP contribution in [0.1, 0.15) is 38.3 Å². The number of hydrogen-bond acceptors (Lipinski definition) is 5. The molecule has 1 fully saturated rings. The Kier molecular flexibility index (Phi) is 5.08. The standard InChI is InChI=1S/C16H27N3O2/c1-16(2,19-10-5-6-11-19)15(18-17)14-12(20-3)8-7-9-13(14)21-4/h7-9,15,18H,5-6,10-11,17H2,1-4H3. The van der Waals surface area contributed by atoms with E-state index in [1.165, 1.54) is 12.8 Å². The first-order valence-corrected chi connectivity index (χ1v) is 7.48. The lowest BCUT2D eigenvalue weighted by Crippen LogP contribution is -2.53. The number of nitrogens with one attached hydrogen (secondary N) is 1. The van der Waals surface area contributed by atoms with Gasteiger partial charge in [-0.25, -0.2) is 0 Å². The molecule has 21 heavy (non-hydrogen) atoms. The summed E-state index contributed by atoms with van der Waals surface area (Å²) >= 11 is 0. The number of rotatable bonds is 6. The summed E-state index contributed by atoms with van der Waals surface area (Å²) < 4.78 is 11.1. The fourth-order valence-electron chi connectivity index (χ4n) is 3.28. The van der Waals surface area contributed by atoms with Crippen LogP contribution in [0.15, 0.2) is 18.2 Å². The van der Waals surface area contributed by atoms with Gasteiger partial charge >= 0.3 is 0 Å². The van der Waals surface area contributed by atoms with Crippen LogP contribution in [0, 0.1) is 0 Å². The van der Waals surface area contributed by atoms with Gasteiger partial charge in [-0.2, -0.15) is 0 Å². The molecule has 5 heteroatoms. The van der Waals surface area contributed by atoms with E-state index in [0.29, 0.717) is 0 Å². The molecule has 1 atom stereocenters. The molecule has 118 valence electrons. The zero-order chi connectivity index (χ0) is 15.5. The molecule has 0 radical (unpaired) electrons. The fraction of sp³-hybridized carbons (Fsp3) is 0.625. The van der Waals surface area contributed by atoms with Crippen molar-refractivity contribution in [3.8, 4) is 11.5 Å². The Morgan fingerprint density at radius 3 is 2.10 bits per heavy atom. The van der Waals surface area contributed by atoms with E-state index in [9.17, 15) is 0 Å². The second-order valence-electron chi connectivity index (χ2n) is 6.02. The normalized spacial score (nSPS) is 17.8. The summed E-state index contributed by atoms with van der Waals surface area (Å²) in [7, 11) is 3.35. The highest BCUT2D eigenvalue weighted by atomic mass is 16.5. The van der Waals surface area contributed by atoms with Gasteiger partial charge in [0, 0.05) is 5.54 Å². The number of methoxy groups -OCH3 is 2. The van der Waals surface area contributed by atoms with E-state index < -0.39 is 0 Å². The van der Waals surface area contributed by atoms with Gasteiger partial charge in [0.05, 0.1) is 25.8 Å². The van der Waals surface area contributed by atoms with E-state index in [0.717, 1.165) is 30.2 Å². The van der Waals surface area contributed by atoms with Crippen molar-refractivity contribution in [1.29, 1.82) is 0 Å². The Labute approximate surface area is 127 Å². The van der Waals surface area contributed by atoms with Gasteiger partial charge in [-0.05, 0) is 51.9 Å². The van der Waals surface area contributed by atoms with Gasteiger partial charge in [-0.1, -0.05) is 6.07 Å². The third-order valence-corrected chi connectivity index (χ3v) is 4.55. The van der Waals surface area contributed by atoms with Gasteiger partial charge in [0.15, 0.2) is 0 Å². The van der Waals surface area contributed by atoms with Crippen molar-refractivity contribution in [3.05, 3.63) is 23.8 Å². The molecule has 1 unspecified atom stereocenters. The number of likely N-dealkylation sites (tertiary alicyclic amines) is 1. The average Bonchev–Trinajstić information content (AvgIpc) is 3.02. The van der Waals surface area contributed by atoms with Crippen LogP contribution >= 0.6 is 0 Å². The van der Waals surface area contributed by atoms with Crippen LogP contribution in [0.2, 0.25) is 0 Å². The summed E-state index contributed by atoms with van der Waals surface area (Å²) in [5, 5.41) is 0. The van der Waals surface area contributed by atoms with Crippen LogP contribution in [-0.2, 0) is 0 Å². The van der Waals surface area contributed by atoms with E-state index in [-0.39, 0.29) is 11.6 Å². The van der Waals surface area contributed by atoms with Crippen molar-refractivity contribution in [2.45, 2.75) is 38.3 Å². The lowest BCUT2D eigenvalue weighted by atomic mass is 9.86. The molecule has 1 aliphatic rings. The second-order valence-corrected chi connectivity index (χ2v) is 6.02. The fourth-order valence-corrected chi connectivity index (χ4v) is 3.28. The molecule has 0 bridgehead atoms. The molecule has 0 aromatic heterocycles. The number of nitrogens with two attached hydrogens (primary N) is 1. The number of ether oxygens (including phenoxy) is 2. The molecule has 0 amide bonds. The van der Waals surface area contributed by atoms with Gasteiger partial charge in [0.25, 0.3) is 0 Å². The third kappa shape index (κ3) is 3.00. The summed E-state index contributed by atoms with van der Waals surface area (Å²) in [6.07, 6.45) is 2.48. The highest BCUT2D eigenvalue weighted by Crippen LogP contribution is 2.41. The maximum Gasteiger partial charge on any atom is 0.127 e. The molecular weight excluding hydrogens is 266 g/mol. The highest BCUT2D eigenvalue weighted by Gasteiger charge is 2.39. The van der Waals surface area contributed by atoms with Crippen LogP contribution in [0.4, 0.5) is 0 Å². The summed E-state index contributed by atoms with van der Waals surface area (Å²) in [5.41, 5.74) is 3.83. The predicted molar refractivity (Wildman–Crippen MR) is 84.5 cm³/mol. The van der Waals surface area contributed by atoms with Gasteiger partial charge < -0.3 is 9.47 Å². The smallest absolute Gasteiger partial charge is 0.127 e. The Balaban J connectivity index is 2.45. The summed E-state index contributed by atoms with van der Waals surface area (Å²) in [6, 6.07) is 5.74. The van der Waals surface area contributed by atoms with Crippen molar-refractivity contribution in [2.24, 2.45) is 5.84 Å². The van der Waals surface area contributed by atoms with E-state index in [1.54, 1.807) is 14.2 Å². The largest absolute Gasteiger partial charge is 0.496 e. The molecule has 1 aliphatic heterocycles. The maximum absolute atomic E-state index is 5.92. The molecule has 3 N–H and O–H groups in total. The first-order chi connectivity index (χ1) is 10.1. The summed E-state index contributed by atoms with van der Waals surface area (Å²) in [4.78, 5) is 2.48. The zero-order valence-corrected chi connectivity index (χ0v) is 13.5. The van der Waals surface area contributed by atoms with Crippen LogP contribution in [0.25, 0.3) is 0 Å². The van der Waals surface area contributed by atoms with E-state index >= 15 is 0 Å². The topological polar surface area (TPSA) is 59.8 Å². The minimum absolute atomic E-state index is 0.0818. The van der Waals surface area contributed by atoms with E-state index in [2.05, 4.69) is 24.2 Å². The Bertz CT molecular complexity index is 448. The van der Waals surface area contributed by atoms with Crippen molar-refractivity contribution < 1.29 is 9.47 Å². The number of hydrogen-bond donors (Lipinski definition) is 2. The molecule has 1 saturated heterocycles. The molecule has 1 aromatic carbocycles. The zero-order valence-electron chi connectivity index (χ0n) is 13.5. The van der Waals surface area contributed by atoms with Crippen molar-refractivity contribution in [3.63, 3.8) is 0 Å². The van der Waals surface area contributed by atoms with Crippen LogP contribution in [0.3, 0.4) is 0 Å². The monoisotopic (exact) mass is 293 g/mol. The van der Waals surface area contributed by atoms with Crippen molar-refractivity contribution in [2.75, 3.05) is 27.3 Å². The number of nitrogens with zero attached hydrogens (tertiary/aromatic N) is 1. The Morgan fingerprint density at radius 2 is 1.67 bits per heavy atom. The van der Waals surface area contributed by atoms with Crippen LogP contribution < -0.4 is 20.7 Å². The maximum atomic E-state index is 5.92. The lowest BCUT2D eigenvalue weighted by Gasteiger charge is -2.42. The lowest BCUT2D eigenvalue weighted by molar-refractivity contribution is 0.104. The highest BCUT2D eigenvalue weighted by molar-refractivity contribution is 5.48. The summed E-state index contributed by atoms with van der Waals surface area (Å²) in [6.45, 7) is 6.63. The van der Waals surface area contributed by atoms with Crippen molar-refractivity contribution in [1.82, 2.24) is 10.3 Å². The molecule has 2 rings (SSSR count). The summed E-state index contributed by atoms with van der Waals surface area (Å²) in [5.74, 6) is 7.51. The Hall–Kier alpha value is -1.30. The molecule has 5 nitrogen and oxygen atoms in total. The van der Waals surface area contributed by atoms with E-state index in [4.69, 9.17) is 15.3 Å². The second kappa shape index (κ2) is 6.64. The van der Waals surface area contributed by atoms with Crippen LogP contribution in [-0.4, -0.2) is 37.7 Å². The third-order valence-electron chi connectivity index (χ3n) is 4.55. The first kappa shape index (κ1) is 16.1. The quantitative estimate of drug-likeness (QED) is 0.621. The van der Waals surface area contributed by atoms with Gasteiger partial charge in [-0.15, -0.1) is 0 Å². The van der Waals surface area contributed by atoms with Crippen LogP contribution in [0.5, 0.6) is 11.5 Å². The van der Waals surface area contributed by atoms with E-state index in [1.807, 2.05) is 18.2 Å². The minimum Gasteiger partial charge on any atom is -0.496 e. The molecule has 0 aliphatic carbocycles. The molecule has 0 spiro atoms. The molecule has 1 aromatic rings. The predicted octanol–water partition coefficient (Wildman–Crippen LogP) is 2.08. The molecular formula is C16H27N3O2. The first-order valence-electron chi connectivity index (χ1n) is 7.48.